The molecule has 1 N–H and O–H groups in total. The van der Waals surface area contributed by atoms with Crippen LogP contribution in [0.15, 0.2) is 52.3 Å². The number of rotatable bonds is 4. The maximum atomic E-state index is 12.3. The molecule has 0 saturated heterocycles. The molecule has 0 aliphatic rings. The third-order valence-corrected chi connectivity index (χ3v) is 4.31. The molecule has 8 heteroatoms. The molecular weight excluding hydrogens is 332 g/mol. The first-order valence-electron chi connectivity index (χ1n) is 7.94. The molecular formula is C18H18N6O2. The van der Waals surface area contributed by atoms with Crippen molar-refractivity contribution < 1.29 is 0 Å². The number of hydrogen-bond acceptors (Lipinski definition) is 5. The molecule has 3 aromatic rings. The van der Waals surface area contributed by atoms with Crippen molar-refractivity contribution in [3.05, 3.63) is 80.5 Å². The highest BCUT2D eigenvalue weighted by Crippen LogP contribution is 2.25. The molecule has 0 fully saturated rings. The Balaban J connectivity index is 2.22. The molecule has 1 unspecified atom stereocenters. The van der Waals surface area contributed by atoms with E-state index in [1.54, 1.807) is 12.4 Å². The highest BCUT2D eigenvalue weighted by atomic mass is 16.2. The summed E-state index contributed by atoms with van der Waals surface area (Å²) in [5, 5.41) is 12.6. The van der Waals surface area contributed by atoms with Crippen LogP contribution in [-0.4, -0.2) is 18.7 Å². The summed E-state index contributed by atoms with van der Waals surface area (Å²) in [5.74, 6) is 0.852. The number of nitrogens with one attached hydrogen (secondary N) is 1. The SMILES string of the molecule is Cn1ccnc1C(Nc1c(C#N)c(=O)n(C)c(=O)n1C)c1ccccc1. The molecule has 2 aromatic heterocycles. The number of aryl methyl sites for hydroxylation is 1. The maximum absolute atomic E-state index is 12.3. The first-order valence-corrected chi connectivity index (χ1v) is 7.94. The number of nitrogens with zero attached hydrogens (tertiary/aromatic N) is 5. The Morgan fingerprint density at radius 3 is 2.38 bits per heavy atom. The average molecular weight is 350 g/mol. The molecule has 1 aromatic carbocycles. The Morgan fingerprint density at radius 1 is 1.12 bits per heavy atom. The van der Waals surface area contributed by atoms with E-state index in [9.17, 15) is 14.9 Å². The van der Waals surface area contributed by atoms with Crippen molar-refractivity contribution >= 4 is 5.82 Å². The summed E-state index contributed by atoms with van der Waals surface area (Å²) in [7, 11) is 4.72. The van der Waals surface area contributed by atoms with Crippen molar-refractivity contribution in [3.63, 3.8) is 0 Å². The number of anilines is 1. The average Bonchev–Trinajstić information content (AvgIpc) is 3.08. The minimum atomic E-state index is -0.634. The van der Waals surface area contributed by atoms with Crippen molar-refractivity contribution in [1.29, 1.82) is 5.26 Å². The fourth-order valence-corrected chi connectivity index (χ4v) is 2.85. The predicted octanol–water partition coefficient (Wildman–Crippen LogP) is 0.891. The lowest BCUT2D eigenvalue weighted by atomic mass is 10.1. The van der Waals surface area contributed by atoms with E-state index in [0.29, 0.717) is 5.82 Å². The third kappa shape index (κ3) is 2.80. The quantitative estimate of drug-likeness (QED) is 0.754. The van der Waals surface area contributed by atoms with Crippen LogP contribution in [0.3, 0.4) is 0 Å². The molecule has 8 nitrogen and oxygen atoms in total. The first kappa shape index (κ1) is 17.2. The lowest BCUT2D eigenvalue weighted by Crippen LogP contribution is -2.40. The molecule has 132 valence electrons. The van der Waals surface area contributed by atoms with E-state index >= 15 is 0 Å². The lowest BCUT2D eigenvalue weighted by molar-refractivity contribution is 0.672. The van der Waals surface area contributed by atoms with Crippen LogP contribution in [0.1, 0.15) is 23.0 Å². The maximum Gasteiger partial charge on any atom is 0.332 e. The minimum Gasteiger partial charge on any atom is -0.356 e. The largest absolute Gasteiger partial charge is 0.356 e. The second-order valence-corrected chi connectivity index (χ2v) is 5.93. The summed E-state index contributed by atoms with van der Waals surface area (Å²) in [6.45, 7) is 0. The van der Waals surface area contributed by atoms with Gasteiger partial charge >= 0.3 is 5.69 Å². The molecule has 0 spiro atoms. The van der Waals surface area contributed by atoms with Gasteiger partial charge in [-0.25, -0.2) is 9.78 Å². The molecule has 0 saturated carbocycles. The van der Waals surface area contributed by atoms with Gasteiger partial charge in [-0.3, -0.25) is 13.9 Å². The minimum absolute atomic E-state index is 0.121. The number of imidazole rings is 1. The summed E-state index contributed by atoms with van der Waals surface area (Å²) < 4.78 is 4.02. The van der Waals surface area contributed by atoms with Gasteiger partial charge in [0.2, 0.25) is 0 Å². The molecule has 1 atom stereocenters. The highest BCUT2D eigenvalue weighted by Gasteiger charge is 2.23. The van der Waals surface area contributed by atoms with E-state index in [-0.39, 0.29) is 11.4 Å². The van der Waals surface area contributed by atoms with Crippen LogP contribution in [0.25, 0.3) is 0 Å². The van der Waals surface area contributed by atoms with Gasteiger partial charge in [0, 0.05) is 33.5 Å². The second-order valence-electron chi connectivity index (χ2n) is 5.93. The van der Waals surface area contributed by atoms with Gasteiger partial charge in [-0.1, -0.05) is 30.3 Å². The van der Waals surface area contributed by atoms with E-state index in [1.165, 1.54) is 18.7 Å². The van der Waals surface area contributed by atoms with Crippen LogP contribution in [0.2, 0.25) is 0 Å². The molecule has 0 amide bonds. The van der Waals surface area contributed by atoms with E-state index in [0.717, 1.165) is 10.1 Å². The van der Waals surface area contributed by atoms with Crippen LogP contribution in [0, 0.1) is 11.3 Å². The highest BCUT2D eigenvalue weighted by molar-refractivity contribution is 5.53. The summed E-state index contributed by atoms with van der Waals surface area (Å²) >= 11 is 0. The van der Waals surface area contributed by atoms with Gasteiger partial charge in [0.15, 0.2) is 5.56 Å². The molecule has 0 aliphatic carbocycles. The monoisotopic (exact) mass is 350 g/mol. The standard InChI is InChI=1S/C18H18N6O2/c1-22-10-9-20-16(22)14(12-7-5-4-6-8-12)21-15-13(11-19)17(25)24(3)18(26)23(15)2/h4-10,14,21H,1-3H3. The van der Waals surface area contributed by atoms with Crippen molar-refractivity contribution in [2.45, 2.75) is 6.04 Å². The second kappa shape index (κ2) is 6.72. The Morgan fingerprint density at radius 2 is 1.81 bits per heavy atom. The van der Waals surface area contributed by atoms with Gasteiger partial charge in [-0.2, -0.15) is 5.26 Å². The van der Waals surface area contributed by atoms with Crippen molar-refractivity contribution in [2.75, 3.05) is 5.32 Å². The van der Waals surface area contributed by atoms with Crippen LogP contribution < -0.4 is 16.6 Å². The molecule has 0 bridgehead atoms. The Hall–Kier alpha value is -3.60. The zero-order valence-corrected chi connectivity index (χ0v) is 14.7. The van der Waals surface area contributed by atoms with Gasteiger partial charge in [0.05, 0.1) is 0 Å². The Kier molecular flexibility index (Phi) is 4.45. The number of hydrogen-bond donors (Lipinski definition) is 1. The fourth-order valence-electron chi connectivity index (χ4n) is 2.85. The number of benzene rings is 1. The summed E-state index contributed by atoms with van der Waals surface area (Å²) in [6.07, 6.45) is 3.47. The van der Waals surface area contributed by atoms with Crippen molar-refractivity contribution in [1.82, 2.24) is 18.7 Å². The van der Waals surface area contributed by atoms with Gasteiger partial charge in [0.1, 0.15) is 23.8 Å². The van der Waals surface area contributed by atoms with Crippen LogP contribution in [-0.2, 0) is 21.1 Å². The van der Waals surface area contributed by atoms with E-state index in [1.807, 2.05) is 48.0 Å². The normalized spacial score (nSPS) is 11.8. The van der Waals surface area contributed by atoms with E-state index in [2.05, 4.69) is 10.3 Å². The van der Waals surface area contributed by atoms with Gasteiger partial charge in [0.25, 0.3) is 5.56 Å². The smallest absolute Gasteiger partial charge is 0.332 e. The van der Waals surface area contributed by atoms with E-state index in [4.69, 9.17) is 0 Å². The molecule has 3 rings (SSSR count). The van der Waals surface area contributed by atoms with Crippen LogP contribution in [0.4, 0.5) is 5.82 Å². The van der Waals surface area contributed by atoms with Crippen LogP contribution in [0.5, 0.6) is 0 Å². The Labute approximate surface area is 149 Å². The van der Waals surface area contributed by atoms with Gasteiger partial charge in [-0.05, 0) is 5.56 Å². The van der Waals surface area contributed by atoms with Crippen molar-refractivity contribution in [3.8, 4) is 6.07 Å². The van der Waals surface area contributed by atoms with Gasteiger partial charge < -0.3 is 9.88 Å². The Bertz CT molecular complexity index is 1100. The zero-order valence-electron chi connectivity index (χ0n) is 14.7. The predicted molar refractivity (Wildman–Crippen MR) is 96.8 cm³/mol. The zero-order chi connectivity index (χ0) is 18.8. The lowest BCUT2D eigenvalue weighted by Gasteiger charge is -2.22. The summed E-state index contributed by atoms with van der Waals surface area (Å²) in [6, 6.07) is 11.0. The topological polar surface area (TPSA) is 97.6 Å². The molecule has 2 heterocycles. The van der Waals surface area contributed by atoms with Crippen LogP contribution >= 0.6 is 0 Å². The molecule has 0 radical (unpaired) electrons. The number of aromatic nitrogens is 4. The fraction of sp³-hybridized carbons (Fsp3) is 0.222. The molecule has 0 aliphatic heterocycles. The molecule has 26 heavy (non-hydrogen) atoms. The first-order chi connectivity index (χ1) is 12.5. The van der Waals surface area contributed by atoms with Gasteiger partial charge in [-0.15, -0.1) is 0 Å². The third-order valence-electron chi connectivity index (χ3n) is 4.31. The van der Waals surface area contributed by atoms with Crippen molar-refractivity contribution in [2.24, 2.45) is 21.1 Å². The summed E-state index contributed by atoms with van der Waals surface area (Å²) in [4.78, 5) is 29.0. The van der Waals surface area contributed by atoms with E-state index < -0.39 is 17.3 Å². The number of nitriles is 1. The summed E-state index contributed by atoms with van der Waals surface area (Å²) in [5.41, 5.74) is -0.378.